The third kappa shape index (κ3) is 6.87. The summed E-state index contributed by atoms with van der Waals surface area (Å²) in [4.78, 5) is 44.6. The Hall–Kier alpha value is -2.38. The number of rotatable bonds is 7. The van der Waals surface area contributed by atoms with Crippen LogP contribution in [0.3, 0.4) is 0 Å². The highest BCUT2D eigenvalue weighted by Crippen LogP contribution is 2.32. The van der Waals surface area contributed by atoms with Crippen LogP contribution in [-0.4, -0.2) is 48.3 Å². The molecule has 1 aliphatic rings. The molecule has 0 saturated heterocycles. The largest absolute Gasteiger partial charge is 0.480 e. The number of ketones is 1. The molecule has 4 N–H and O–H groups in total. The molecular weight excluding hydrogens is 290 g/mol. The fourth-order valence-corrected chi connectivity index (χ4v) is 2.13. The SMILES string of the molecule is CC1(C)CC(=O)C=C(NCC(=O)NCC(=O)NCC(=O)O)C1. The van der Waals surface area contributed by atoms with Gasteiger partial charge in [0.25, 0.3) is 0 Å². The van der Waals surface area contributed by atoms with Crippen LogP contribution < -0.4 is 16.0 Å². The zero-order valence-corrected chi connectivity index (χ0v) is 12.7. The average molecular weight is 311 g/mol. The molecule has 0 aromatic rings. The first kappa shape index (κ1) is 17.7. The van der Waals surface area contributed by atoms with Gasteiger partial charge in [-0.05, 0) is 11.8 Å². The van der Waals surface area contributed by atoms with Gasteiger partial charge in [-0.3, -0.25) is 19.2 Å². The molecule has 122 valence electrons. The number of carboxylic acids is 1. The summed E-state index contributed by atoms with van der Waals surface area (Å²) < 4.78 is 0. The summed E-state index contributed by atoms with van der Waals surface area (Å²) in [6, 6.07) is 0. The lowest BCUT2D eigenvalue weighted by Crippen LogP contribution is -2.42. The zero-order chi connectivity index (χ0) is 16.8. The van der Waals surface area contributed by atoms with Crippen LogP contribution in [0.4, 0.5) is 0 Å². The minimum atomic E-state index is -1.15. The van der Waals surface area contributed by atoms with Crippen molar-refractivity contribution in [3.63, 3.8) is 0 Å². The first-order valence-corrected chi connectivity index (χ1v) is 6.90. The predicted octanol–water partition coefficient (Wildman–Crippen LogP) is -0.834. The molecule has 2 amide bonds. The summed E-state index contributed by atoms with van der Waals surface area (Å²) in [6.07, 6.45) is 2.65. The van der Waals surface area contributed by atoms with Gasteiger partial charge in [0, 0.05) is 18.2 Å². The summed E-state index contributed by atoms with van der Waals surface area (Å²) in [5.74, 6) is -2.13. The first-order chi connectivity index (χ1) is 10.2. The van der Waals surface area contributed by atoms with Crippen molar-refractivity contribution < 1.29 is 24.3 Å². The molecule has 0 heterocycles. The van der Waals surface area contributed by atoms with Crippen LogP contribution in [-0.2, 0) is 19.2 Å². The van der Waals surface area contributed by atoms with Crippen molar-refractivity contribution in [1.29, 1.82) is 0 Å². The molecule has 0 atom stereocenters. The number of amides is 2. The van der Waals surface area contributed by atoms with E-state index in [-0.39, 0.29) is 24.3 Å². The summed E-state index contributed by atoms with van der Waals surface area (Å²) in [6.45, 7) is 3.12. The third-order valence-electron chi connectivity index (χ3n) is 3.02. The molecule has 0 saturated carbocycles. The van der Waals surface area contributed by atoms with Crippen molar-refractivity contribution in [3.05, 3.63) is 11.8 Å². The van der Waals surface area contributed by atoms with E-state index in [2.05, 4.69) is 16.0 Å². The molecule has 0 bridgehead atoms. The highest BCUT2D eigenvalue weighted by atomic mass is 16.4. The smallest absolute Gasteiger partial charge is 0.322 e. The van der Waals surface area contributed by atoms with Crippen LogP contribution in [0.15, 0.2) is 11.8 Å². The van der Waals surface area contributed by atoms with E-state index in [9.17, 15) is 19.2 Å². The maximum absolute atomic E-state index is 11.6. The van der Waals surface area contributed by atoms with Crippen molar-refractivity contribution in [2.45, 2.75) is 26.7 Å². The molecule has 22 heavy (non-hydrogen) atoms. The molecule has 0 aliphatic heterocycles. The van der Waals surface area contributed by atoms with Crippen LogP contribution in [0.1, 0.15) is 26.7 Å². The molecule has 0 spiro atoms. The van der Waals surface area contributed by atoms with Gasteiger partial charge in [0.2, 0.25) is 11.8 Å². The van der Waals surface area contributed by atoms with Crippen LogP contribution in [0.2, 0.25) is 0 Å². The van der Waals surface area contributed by atoms with Gasteiger partial charge >= 0.3 is 5.97 Å². The predicted molar refractivity (Wildman–Crippen MR) is 77.8 cm³/mol. The molecule has 0 unspecified atom stereocenters. The van der Waals surface area contributed by atoms with Gasteiger partial charge in [0.05, 0.1) is 13.1 Å². The number of allylic oxidation sites excluding steroid dienone is 2. The molecule has 1 aliphatic carbocycles. The van der Waals surface area contributed by atoms with E-state index in [1.54, 1.807) is 0 Å². The number of carboxylic acid groups (broad SMARTS) is 1. The summed E-state index contributed by atoms with van der Waals surface area (Å²) in [5, 5.41) is 15.8. The standard InChI is InChI=1S/C14H21N3O5/c1-14(2)4-9(3-10(18)5-14)15-6-11(19)16-7-12(20)17-8-13(21)22/h3,15H,4-8H2,1-2H3,(H,16,19)(H,17,20)(H,21,22). The number of nitrogens with one attached hydrogen (secondary N) is 3. The Morgan fingerprint density at radius 2 is 1.68 bits per heavy atom. The molecule has 0 fully saturated rings. The van der Waals surface area contributed by atoms with Crippen LogP contribution in [0.25, 0.3) is 0 Å². The number of carbonyl (C=O) groups excluding carboxylic acids is 3. The number of hydrogen-bond acceptors (Lipinski definition) is 5. The fraction of sp³-hybridized carbons (Fsp3) is 0.571. The maximum Gasteiger partial charge on any atom is 0.322 e. The highest BCUT2D eigenvalue weighted by Gasteiger charge is 2.27. The maximum atomic E-state index is 11.6. The van der Waals surface area contributed by atoms with Crippen LogP contribution in [0.5, 0.6) is 0 Å². The van der Waals surface area contributed by atoms with E-state index >= 15 is 0 Å². The second-order valence-corrected chi connectivity index (χ2v) is 5.95. The second-order valence-electron chi connectivity index (χ2n) is 5.95. The Morgan fingerprint density at radius 3 is 2.27 bits per heavy atom. The quantitative estimate of drug-likeness (QED) is 0.486. The fourth-order valence-electron chi connectivity index (χ4n) is 2.13. The Morgan fingerprint density at radius 1 is 1.09 bits per heavy atom. The van der Waals surface area contributed by atoms with Gasteiger partial charge in [-0.25, -0.2) is 0 Å². The van der Waals surface area contributed by atoms with Crippen molar-refractivity contribution in [2.24, 2.45) is 5.41 Å². The van der Waals surface area contributed by atoms with Gasteiger partial charge < -0.3 is 21.1 Å². The zero-order valence-electron chi connectivity index (χ0n) is 12.7. The van der Waals surface area contributed by atoms with Crippen LogP contribution in [0, 0.1) is 5.41 Å². The molecule has 0 radical (unpaired) electrons. The molecule has 8 heteroatoms. The molecule has 0 aromatic heterocycles. The minimum Gasteiger partial charge on any atom is -0.480 e. The van der Waals surface area contributed by atoms with E-state index in [1.807, 2.05) is 13.8 Å². The van der Waals surface area contributed by atoms with Gasteiger partial charge in [-0.1, -0.05) is 13.8 Å². The molecule has 8 nitrogen and oxygen atoms in total. The Balaban J connectivity index is 2.30. The van der Waals surface area contributed by atoms with E-state index in [0.717, 1.165) is 0 Å². The minimum absolute atomic E-state index is 0.0206. The topological polar surface area (TPSA) is 125 Å². The summed E-state index contributed by atoms with van der Waals surface area (Å²) in [7, 11) is 0. The second kappa shape index (κ2) is 7.58. The lowest BCUT2D eigenvalue weighted by atomic mass is 9.79. The highest BCUT2D eigenvalue weighted by molar-refractivity contribution is 5.92. The summed E-state index contributed by atoms with van der Waals surface area (Å²) >= 11 is 0. The van der Waals surface area contributed by atoms with E-state index in [1.165, 1.54) is 6.08 Å². The van der Waals surface area contributed by atoms with Crippen molar-refractivity contribution >= 4 is 23.6 Å². The number of carbonyl (C=O) groups is 4. The average Bonchev–Trinajstić information content (AvgIpc) is 2.38. The first-order valence-electron chi connectivity index (χ1n) is 6.90. The van der Waals surface area contributed by atoms with Gasteiger partial charge in [0.1, 0.15) is 6.54 Å². The molecule has 0 aromatic carbocycles. The molecule has 1 rings (SSSR count). The van der Waals surface area contributed by atoms with Crippen molar-refractivity contribution in [2.75, 3.05) is 19.6 Å². The van der Waals surface area contributed by atoms with Crippen LogP contribution >= 0.6 is 0 Å². The third-order valence-corrected chi connectivity index (χ3v) is 3.02. The van der Waals surface area contributed by atoms with Gasteiger partial charge in [-0.15, -0.1) is 0 Å². The monoisotopic (exact) mass is 311 g/mol. The molecular formula is C14H21N3O5. The lowest BCUT2D eigenvalue weighted by molar-refractivity contribution is -0.137. The Bertz CT molecular complexity index is 511. The van der Waals surface area contributed by atoms with Gasteiger partial charge in [0.15, 0.2) is 5.78 Å². The number of aliphatic carboxylic acids is 1. The number of hydrogen-bond donors (Lipinski definition) is 4. The van der Waals surface area contributed by atoms with E-state index < -0.39 is 24.3 Å². The van der Waals surface area contributed by atoms with E-state index in [4.69, 9.17) is 5.11 Å². The van der Waals surface area contributed by atoms with Crippen molar-refractivity contribution in [1.82, 2.24) is 16.0 Å². The van der Waals surface area contributed by atoms with Gasteiger partial charge in [-0.2, -0.15) is 0 Å². The normalized spacial score (nSPS) is 16.5. The van der Waals surface area contributed by atoms with Crippen molar-refractivity contribution in [3.8, 4) is 0 Å². The Kier molecular flexibility index (Phi) is 6.09. The Labute approximate surface area is 128 Å². The lowest BCUT2D eigenvalue weighted by Gasteiger charge is -2.29. The summed E-state index contributed by atoms with van der Waals surface area (Å²) in [5.41, 5.74) is 0.563. The van der Waals surface area contributed by atoms with E-state index in [0.29, 0.717) is 18.5 Å².